The minimum Gasteiger partial charge on any atom is -0.481 e. The molecule has 0 fully saturated rings. The van der Waals surface area contributed by atoms with Gasteiger partial charge in [0.2, 0.25) is 11.8 Å². The number of thiophene rings is 1. The topological polar surface area (TPSA) is 95.8 Å². The van der Waals surface area contributed by atoms with Gasteiger partial charge < -0.3 is 20.8 Å². The fraction of sp³-hybridized carbons (Fsp3) is 0.176. The Kier molecular flexibility index (Phi) is 4.90. The van der Waals surface area contributed by atoms with Crippen LogP contribution >= 0.6 is 11.3 Å². The Labute approximate surface area is 149 Å². The number of methoxy groups -OCH3 is 1. The zero-order valence-electron chi connectivity index (χ0n) is 14.1. The van der Waals surface area contributed by atoms with Crippen LogP contribution in [0.25, 0.3) is 21.3 Å². The summed E-state index contributed by atoms with van der Waals surface area (Å²) in [7, 11) is 3.38. The third kappa shape index (κ3) is 3.29. The van der Waals surface area contributed by atoms with Crippen LogP contribution < -0.4 is 15.4 Å². The van der Waals surface area contributed by atoms with Crippen LogP contribution in [0.3, 0.4) is 0 Å². The summed E-state index contributed by atoms with van der Waals surface area (Å²) in [6, 6.07) is 3.85. The molecular formula is C17H18N6OS. The lowest BCUT2D eigenvalue weighted by Crippen LogP contribution is -2.08. The number of anilines is 1. The fourth-order valence-electron chi connectivity index (χ4n) is 2.53. The third-order valence-corrected chi connectivity index (χ3v) is 4.58. The van der Waals surface area contributed by atoms with Gasteiger partial charge >= 0.3 is 0 Å². The number of pyridine rings is 1. The maximum atomic E-state index is 7.44. The van der Waals surface area contributed by atoms with Gasteiger partial charge in [0.15, 0.2) is 0 Å². The molecule has 128 valence electrons. The summed E-state index contributed by atoms with van der Waals surface area (Å²) in [5.41, 5.74) is 3.29. The molecule has 7 nitrogen and oxygen atoms in total. The molecule has 0 aromatic carbocycles. The SMILES string of the molecule is CN/C=C(\C=N)Nc1ncc2sc(C)c(-c3cccnc3OC)c2n1. The number of allylic oxidation sites excluding steroid dienone is 1. The number of nitrogens with one attached hydrogen (secondary N) is 3. The van der Waals surface area contributed by atoms with Crippen molar-refractivity contribution in [2.24, 2.45) is 0 Å². The van der Waals surface area contributed by atoms with Gasteiger partial charge in [0.1, 0.15) is 0 Å². The Hall–Kier alpha value is -3.00. The van der Waals surface area contributed by atoms with Gasteiger partial charge in [-0.15, -0.1) is 11.3 Å². The largest absolute Gasteiger partial charge is 0.481 e. The first kappa shape index (κ1) is 16.8. The number of rotatable bonds is 6. The monoisotopic (exact) mass is 354 g/mol. The number of aryl methyl sites for hydroxylation is 1. The van der Waals surface area contributed by atoms with Crippen molar-refractivity contribution in [1.82, 2.24) is 20.3 Å². The Morgan fingerprint density at radius 2 is 2.20 bits per heavy atom. The molecule has 0 spiro atoms. The van der Waals surface area contributed by atoms with Crippen LogP contribution in [0.2, 0.25) is 0 Å². The zero-order chi connectivity index (χ0) is 17.8. The number of nitrogens with zero attached hydrogens (tertiary/aromatic N) is 3. The van der Waals surface area contributed by atoms with Crippen molar-refractivity contribution >= 4 is 33.7 Å². The summed E-state index contributed by atoms with van der Waals surface area (Å²) in [5.74, 6) is 0.994. The molecule has 25 heavy (non-hydrogen) atoms. The van der Waals surface area contributed by atoms with E-state index < -0.39 is 0 Å². The van der Waals surface area contributed by atoms with E-state index in [1.54, 1.807) is 44.1 Å². The van der Waals surface area contributed by atoms with E-state index in [0.717, 1.165) is 26.2 Å². The molecule has 8 heteroatoms. The van der Waals surface area contributed by atoms with Crippen molar-refractivity contribution in [2.75, 3.05) is 19.5 Å². The molecule has 0 aliphatic carbocycles. The van der Waals surface area contributed by atoms with Crippen LogP contribution in [0.5, 0.6) is 5.88 Å². The lowest BCUT2D eigenvalue weighted by atomic mass is 10.1. The summed E-state index contributed by atoms with van der Waals surface area (Å²) < 4.78 is 6.39. The second-order valence-electron chi connectivity index (χ2n) is 5.16. The maximum Gasteiger partial charge on any atom is 0.227 e. The maximum absolute atomic E-state index is 7.44. The summed E-state index contributed by atoms with van der Waals surface area (Å²) in [5, 5.41) is 13.3. The number of fused-ring (bicyclic) bond motifs is 1. The molecule has 3 aromatic rings. The van der Waals surface area contributed by atoms with Crippen molar-refractivity contribution in [2.45, 2.75) is 6.92 Å². The summed E-state index contributed by atoms with van der Waals surface area (Å²) in [6.07, 6.45) is 6.36. The molecule has 0 saturated carbocycles. The summed E-state index contributed by atoms with van der Waals surface area (Å²) in [6.45, 7) is 2.05. The van der Waals surface area contributed by atoms with Crippen LogP contribution in [-0.2, 0) is 0 Å². The van der Waals surface area contributed by atoms with Crippen molar-refractivity contribution in [3.63, 3.8) is 0 Å². The van der Waals surface area contributed by atoms with E-state index in [0.29, 0.717) is 17.5 Å². The van der Waals surface area contributed by atoms with E-state index in [-0.39, 0.29) is 0 Å². The molecule has 3 aromatic heterocycles. The van der Waals surface area contributed by atoms with E-state index in [2.05, 4.69) is 25.6 Å². The molecule has 0 radical (unpaired) electrons. The normalized spacial score (nSPS) is 11.4. The van der Waals surface area contributed by atoms with E-state index in [9.17, 15) is 0 Å². The average Bonchev–Trinajstić information content (AvgIpc) is 2.96. The van der Waals surface area contributed by atoms with Gasteiger partial charge in [-0.2, -0.15) is 0 Å². The molecule has 3 N–H and O–H groups in total. The lowest BCUT2D eigenvalue weighted by molar-refractivity contribution is 0.399. The molecule has 0 aliphatic heterocycles. The molecule has 0 atom stereocenters. The highest BCUT2D eigenvalue weighted by molar-refractivity contribution is 7.19. The fourth-order valence-corrected chi connectivity index (χ4v) is 3.52. The molecule has 3 rings (SSSR count). The van der Waals surface area contributed by atoms with Crippen molar-refractivity contribution < 1.29 is 4.74 Å². The van der Waals surface area contributed by atoms with E-state index in [1.165, 1.54) is 6.21 Å². The molecule has 0 amide bonds. The molecule has 0 unspecified atom stereocenters. The highest BCUT2D eigenvalue weighted by Gasteiger charge is 2.17. The first-order chi connectivity index (χ1) is 12.2. The highest BCUT2D eigenvalue weighted by Crippen LogP contribution is 2.40. The predicted octanol–water partition coefficient (Wildman–Crippen LogP) is 3.19. The predicted molar refractivity (Wildman–Crippen MR) is 101 cm³/mol. The number of hydrogen-bond acceptors (Lipinski definition) is 8. The first-order valence-electron chi connectivity index (χ1n) is 7.58. The number of ether oxygens (including phenoxy) is 1. The molecule has 0 aliphatic rings. The van der Waals surface area contributed by atoms with Gasteiger partial charge in [-0.1, -0.05) is 0 Å². The summed E-state index contributed by atoms with van der Waals surface area (Å²) in [4.78, 5) is 14.4. The van der Waals surface area contributed by atoms with Crippen LogP contribution in [0.15, 0.2) is 36.4 Å². The zero-order valence-corrected chi connectivity index (χ0v) is 14.9. The average molecular weight is 354 g/mol. The van der Waals surface area contributed by atoms with Crippen molar-refractivity contribution in [3.05, 3.63) is 41.3 Å². The van der Waals surface area contributed by atoms with E-state index >= 15 is 0 Å². The lowest BCUT2D eigenvalue weighted by Gasteiger charge is -2.08. The smallest absolute Gasteiger partial charge is 0.227 e. The number of aromatic nitrogens is 3. The van der Waals surface area contributed by atoms with Gasteiger partial charge in [0.25, 0.3) is 0 Å². The van der Waals surface area contributed by atoms with Crippen LogP contribution in [0.1, 0.15) is 4.88 Å². The Balaban J connectivity index is 2.13. The second kappa shape index (κ2) is 7.27. The van der Waals surface area contributed by atoms with Crippen LogP contribution in [0.4, 0.5) is 5.95 Å². The van der Waals surface area contributed by atoms with E-state index in [4.69, 9.17) is 10.1 Å². The molecular weight excluding hydrogens is 336 g/mol. The first-order valence-corrected chi connectivity index (χ1v) is 8.40. The van der Waals surface area contributed by atoms with Gasteiger partial charge in [-0.3, -0.25) is 0 Å². The Bertz CT molecular complexity index is 949. The Morgan fingerprint density at radius 3 is 2.92 bits per heavy atom. The van der Waals surface area contributed by atoms with Crippen LogP contribution in [0, 0.1) is 12.3 Å². The summed E-state index contributed by atoms with van der Waals surface area (Å²) >= 11 is 1.63. The standard InChI is InChI=1S/C17H18N6OS/c1-10-14(12-5-4-6-20-16(12)24-3)15-13(25-10)9-21-17(23-15)22-11(7-18)8-19-2/h4-9,18-19H,1-3H3,(H,21,22,23)/b11-8+,18-7?. The van der Waals surface area contributed by atoms with Gasteiger partial charge in [-0.05, 0) is 19.1 Å². The third-order valence-electron chi connectivity index (χ3n) is 3.55. The quantitative estimate of drug-likeness (QED) is 0.588. The molecule has 0 saturated heterocycles. The van der Waals surface area contributed by atoms with Gasteiger partial charge in [-0.25, -0.2) is 15.0 Å². The molecule has 0 bridgehead atoms. The van der Waals surface area contributed by atoms with Crippen LogP contribution in [-0.4, -0.2) is 35.3 Å². The van der Waals surface area contributed by atoms with Gasteiger partial charge in [0, 0.05) is 41.7 Å². The Morgan fingerprint density at radius 1 is 1.36 bits per heavy atom. The molecule has 3 heterocycles. The van der Waals surface area contributed by atoms with Gasteiger partial charge in [0.05, 0.1) is 29.2 Å². The number of hydrogen-bond donors (Lipinski definition) is 3. The highest BCUT2D eigenvalue weighted by atomic mass is 32.1. The minimum absolute atomic E-state index is 0.430. The van der Waals surface area contributed by atoms with Crippen molar-refractivity contribution in [3.8, 4) is 17.0 Å². The minimum atomic E-state index is 0.430. The second-order valence-corrected chi connectivity index (χ2v) is 6.41. The van der Waals surface area contributed by atoms with Crippen molar-refractivity contribution in [1.29, 1.82) is 5.41 Å². The van der Waals surface area contributed by atoms with E-state index in [1.807, 2.05) is 19.1 Å².